The Labute approximate surface area is 106 Å². The minimum atomic E-state index is -0.658. The predicted octanol–water partition coefficient (Wildman–Crippen LogP) is 2.44. The van der Waals surface area contributed by atoms with E-state index < -0.39 is 11.4 Å². The summed E-state index contributed by atoms with van der Waals surface area (Å²) in [5.41, 5.74) is 0.0729. The van der Waals surface area contributed by atoms with Crippen LogP contribution in [0.4, 0.5) is 10.1 Å². The molecular formula is C14H17FN2O. The lowest BCUT2D eigenvalue weighted by molar-refractivity contribution is 0.0481. The summed E-state index contributed by atoms with van der Waals surface area (Å²) < 4.78 is 13.6. The van der Waals surface area contributed by atoms with Gasteiger partial charge in [-0.15, -0.1) is 0 Å². The first-order valence-electron chi connectivity index (χ1n) is 6.19. The molecule has 1 aliphatic heterocycles. The molecule has 3 nitrogen and oxygen atoms in total. The molecular weight excluding hydrogens is 231 g/mol. The molecule has 1 saturated heterocycles. The highest BCUT2D eigenvalue weighted by molar-refractivity contribution is 5.59. The molecule has 1 aliphatic rings. The van der Waals surface area contributed by atoms with Gasteiger partial charge in [-0.05, 0) is 38.3 Å². The zero-order valence-corrected chi connectivity index (χ0v) is 10.5. The summed E-state index contributed by atoms with van der Waals surface area (Å²) >= 11 is 0. The maximum absolute atomic E-state index is 13.6. The Kier molecular flexibility index (Phi) is 3.53. The summed E-state index contributed by atoms with van der Waals surface area (Å²) in [6, 6.07) is 6.61. The smallest absolute Gasteiger partial charge is 0.143 e. The quantitative estimate of drug-likeness (QED) is 0.830. The van der Waals surface area contributed by atoms with Gasteiger partial charge in [0.2, 0.25) is 0 Å². The third-order valence-corrected chi connectivity index (χ3v) is 3.51. The van der Waals surface area contributed by atoms with Crippen LogP contribution < -0.4 is 4.90 Å². The molecule has 18 heavy (non-hydrogen) atoms. The zero-order valence-electron chi connectivity index (χ0n) is 10.5. The van der Waals surface area contributed by atoms with E-state index >= 15 is 0 Å². The van der Waals surface area contributed by atoms with E-state index in [2.05, 4.69) is 0 Å². The van der Waals surface area contributed by atoms with Gasteiger partial charge >= 0.3 is 0 Å². The van der Waals surface area contributed by atoms with Gasteiger partial charge < -0.3 is 10.0 Å². The lowest BCUT2D eigenvalue weighted by Crippen LogP contribution is -2.28. The van der Waals surface area contributed by atoms with Crippen LogP contribution in [-0.4, -0.2) is 23.8 Å². The molecule has 0 saturated carbocycles. The van der Waals surface area contributed by atoms with Gasteiger partial charge in [-0.25, -0.2) is 4.39 Å². The highest BCUT2D eigenvalue weighted by Gasteiger charge is 2.26. The molecule has 1 unspecified atom stereocenters. The maximum atomic E-state index is 13.6. The van der Waals surface area contributed by atoms with Crippen molar-refractivity contribution in [1.82, 2.24) is 0 Å². The molecule has 1 aromatic carbocycles. The van der Waals surface area contributed by atoms with E-state index in [0.717, 1.165) is 19.4 Å². The number of nitriles is 1. The molecule has 0 radical (unpaired) electrons. The van der Waals surface area contributed by atoms with Crippen LogP contribution >= 0.6 is 0 Å². The molecule has 1 fully saturated rings. The molecule has 0 aliphatic carbocycles. The van der Waals surface area contributed by atoms with Crippen LogP contribution in [0.15, 0.2) is 18.2 Å². The lowest BCUT2D eigenvalue weighted by Gasteiger charge is -2.25. The second-order valence-electron chi connectivity index (χ2n) is 5.08. The summed E-state index contributed by atoms with van der Waals surface area (Å²) in [4.78, 5) is 1.99. The monoisotopic (exact) mass is 248 g/mol. The zero-order chi connectivity index (χ0) is 13.2. The van der Waals surface area contributed by atoms with Crippen molar-refractivity contribution >= 4 is 5.69 Å². The SMILES string of the molecule is CC1(O)CCCN(c2cccc(F)c2C#N)CC1. The number of halogens is 1. The molecule has 2 rings (SSSR count). The number of anilines is 1. The van der Waals surface area contributed by atoms with Gasteiger partial charge in [0, 0.05) is 13.1 Å². The second-order valence-corrected chi connectivity index (χ2v) is 5.08. The first kappa shape index (κ1) is 12.8. The number of aliphatic hydroxyl groups is 1. The van der Waals surface area contributed by atoms with Crippen molar-refractivity contribution in [3.05, 3.63) is 29.6 Å². The predicted molar refractivity (Wildman–Crippen MR) is 67.8 cm³/mol. The van der Waals surface area contributed by atoms with Crippen LogP contribution in [-0.2, 0) is 0 Å². The van der Waals surface area contributed by atoms with Gasteiger partial charge in [0.15, 0.2) is 0 Å². The Morgan fingerprint density at radius 1 is 1.39 bits per heavy atom. The fraction of sp³-hybridized carbons (Fsp3) is 0.500. The molecule has 0 aromatic heterocycles. The van der Waals surface area contributed by atoms with Crippen molar-refractivity contribution in [2.24, 2.45) is 0 Å². The van der Waals surface area contributed by atoms with Gasteiger partial charge in [0.25, 0.3) is 0 Å². The molecule has 0 spiro atoms. The van der Waals surface area contributed by atoms with Crippen molar-refractivity contribution in [3.63, 3.8) is 0 Å². The lowest BCUT2D eigenvalue weighted by atomic mass is 9.98. The summed E-state index contributed by atoms with van der Waals surface area (Å²) in [6.45, 7) is 3.21. The summed E-state index contributed by atoms with van der Waals surface area (Å²) in [5, 5.41) is 19.1. The van der Waals surface area contributed by atoms with Gasteiger partial charge in [0.1, 0.15) is 17.4 Å². The summed E-state index contributed by atoms with van der Waals surface area (Å²) in [7, 11) is 0. The average molecular weight is 248 g/mol. The van der Waals surface area contributed by atoms with E-state index in [0.29, 0.717) is 18.7 Å². The third kappa shape index (κ3) is 2.62. The first-order chi connectivity index (χ1) is 8.53. The van der Waals surface area contributed by atoms with Crippen molar-refractivity contribution < 1.29 is 9.50 Å². The van der Waals surface area contributed by atoms with Crippen molar-refractivity contribution in [2.75, 3.05) is 18.0 Å². The third-order valence-electron chi connectivity index (χ3n) is 3.51. The molecule has 0 amide bonds. The maximum Gasteiger partial charge on any atom is 0.143 e. The fourth-order valence-electron chi connectivity index (χ4n) is 2.39. The van der Waals surface area contributed by atoms with Crippen molar-refractivity contribution in [2.45, 2.75) is 31.8 Å². The van der Waals surface area contributed by atoms with Crippen LogP contribution in [0.2, 0.25) is 0 Å². The van der Waals surface area contributed by atoms with Gasteiger partial charge in [0.05, 0.1) is 11.3 Å². The molecule has 1 atom stereocenters. The second kappa shape index (κ2) is 4.95. The fourth-order valence-corrected chi connectivity index (χ4v) is 2.39. The number of nitrogens with zero attached hydrogens (tertiary/aromatic N) is 2. The van der Waals surface area contributed by atoms with Crippen LogP contribution in [0.1, 0.15) is 31.7 Å². The standard InChI is InChI=1S/C14H17FN2O/c1-14(18)6-3-8-17(9-7-14)13-5-2-4-12(15)11(13)10-16/h2,4-5,18H,3,6-9H2,1H3. The van der Waals surface area contributed by atoms with Crippen molar-refractivity contribution in [3.8, 4) is 6.07 Å². The van der Waals surface area contributed by atoms with Crippen molar-refractivity contribution in [1.29, 1.82) is 5.26 Å². The first-order valence-corrected chi connectivity index (χ1v) is 6.19. The van der Waals surface area contributed by atoms with Crippen LogP contribution in [0, 0.1) is 17.1 Å². The minimum Gasteiger partial charge on any atom is -0.390 e. The highest BCUT2D eigenvalue weighted by Crippen LogP contribution is 2.28. The van der Waals surface area contributed by atoms with Crippen LogP contribution in [0.3, 0.4) is 0 Å². The van der Waals surface area contributed by atoms with Gasteiger partial charge in [-0.1, -0.05) is 6.07 Å². The average Bonchev–Trinajstić information content (AvgIpc) is 2.50. The van der Waals surface area contributed by atoms with Gasteiger partial charge in [-0.2, -0.15) is 5.26 Å². The molecule has 1 heterocycles. The Balaban J connectivity index is 2.27. The Morgan fingerprint density at radius 2 is 2.17 bits per heavy atom. The highest BCUT2D eigenvalue weighted by atomic mass is 19.1. The number of benzene rings is 1. The summed E-state index contributed by atoms with van der Waals surface area (Å²) in [5.74, 6) is -0.481. The summed E-state index contributed by atoms with van der Waals surface area (Å²) in [6.07, 6.45) is 2.21. The van der Waals surface area contributed by atoms with Gasteiger partial charge in [-0.3, -0.25) is 0 Å². The van der Waals surface area contributed by atoms with Crippen LogP contribution in [0.25, 0.3) is 0 Å². The van der Waals surface area contributed by atoms with E-state index in [1.807, 2.05) is 17.9 Å². The van der Waals surface area contributed by atoms with E-state index in [1.54, 1.807) is 12.1 Å². The van der Waals surface area contributed by atoms with Crippen LogP contribution in [0.5, 0.6) is 0 Å². The number of hydrogen-bond donors (Lipinski definition) is 1. The Hall–Kier alpha value is -1.60. The van der Waals surface area contributed by atoms with E-state index in [1.165, 1.54) is 6.07 Å². The van der Waals surface area contributed by atoms with E-state index in [-0.39, 0.29) is 5.56 Å². The molecule has 96 valence electrons. The minimum absolute atomic E-state index is 0.0963. The number of hydrogen-bond acceptors (Lipinski definition) is 3. The largest absolute Gasteiger partial charge is 0.390 e. The van der Waals surface area contributed by atoms with E-state index in [4.69, 9.17) is 5.26 Å². The Bertz CT molecular complexity index is 479. The number of rotatable bonds is 1. The topological polar surface area (TPSA) is 47.3 Å². The molecule has 1 N–H and O–H groups in total. The molecule has 0 bridgehead atoms. The Morgan fingerprint density at radius 3 is 2.89 bits per heavy atom. The molecule has 4 heteroatoms. The molecule has 1 aromatic rings. The van der Waals surface area contributed by atoms with E-state index in [9.17, 15) is 9.50 Å². The normalized spacial score (nSPS) is 24.4.